The van der Waals surface area contributed by atoms with Gasteiger partial charge in [0.25, 0.3) is 30.4 Å². The summed E-state index contributed by atoms with van der Waals surface area (Å²) in [4.78, 5) is 24.0. The number of hydrogen-bond donors (Lipinski definition) is 5. The number of carbonyl (C=O) groups excluding carboxylic acids is 2. The number of nitrogens with two attached hydrogens (primary N) is 1. The third kappa shape index (κ3) is 6.17. The molecule has 0 spiro atoms. The summed E-state index contributed by atoms with van der Waals surface area (Å²) in [5.74, 6) is -1.80. The molecule has 0 amide bonds. The van der Waals surface area contributed by atoms with Gasteiger partial charge in [0.1, 0.15) is 26.1 Å². The fourth-order valence-corrected chi connectivity index (χ4v) is 7.19. The Kier molecular flexibility index (Phi) is 8.25. The van der Waals surface area contributed by atoms with Gasteiger partial charge in [-0.1, -0.05) is 42.5 Å². The van der Waals surface area contributed by atoms with Crippen LogP contribution in [0.15, 0.2) is 104 Å². The van der Waals surface area contributed by atoms with Gasteiger partial charge in [-0.3, -0.25) is 23.2 Å². The van der Waals surface area contributed by atoms with Crippen LogP contribution in [0.5, 0.6) is 0 Å². The van der Waals surface area contributed by atoms with Gasteiger partial charge < -0.3 is 11.1 Å². The summed E-state index contributed by atoms with van der Waals surface area (Å²) in [6.45, 7) is 1.56. The molecule has 6 N–H and O–H groups in total. The highest BCUT2D eigenvalue weighted by Gasteiger charge is 2.37. The highest BCUT2D eigenvalue weighted by Crippen LogP contribution is 2.42. The number of aryl methyl sites for hydroxylation is 1. The molecule has 5 aromatic rings. The fraction of sp³-hybridized carbons (Fsp3) is 0.0333. The minimum Gasteiger partial charge on any atom is -0.397 e. The summed E-state index contributed by atoms with van der Waals surface area (Å²) in [6.07, 6.45) is 1.44. The number of hydrogen-bond acceptors (Lipinski definition) is 13. The van der Waals surface area contributed by atoms with E-state index in [0.29, 0.717) is 29.6 Å². The Hall–Kier alpha value is -5.64. The number of para-hydroxylation sites is 1. The first-order valence-corrected chi connectivity index (χ1v) is 18.2. The van der Waals surface area contributed by atoms with Crippen molar-refractivity contribution in [2.75, 3.05) is 11.1 Å². The average molecular weight is 739 g/mol. The molecule has 0 fully saturated rings. The Labute approximate surface area is 283 Å². The van der Waals surface area contributed by atoms with Gasteiger partial charge >= 0.3 is 0 Å². The van der Waals surface area contributed by atoms with Crippen molar-refractivity contribution in [3.8, 4) is 5.69 Å². The smallest absolute Gasteiger partial charge is 0.296 e. The van der Waals surface area contributed by atoms with Gasteiger partial charge in [0.2, 0.25) is 0 Å². The molecule has 1 aromatic heterocycles. The van der Waals surface area contributed by atoms with Gasteiger partial charge in [-0.25, -0.2) is 4.68 Å². The zero-order valence-electron chi connectivity index (χ0n) is 25.2. The van der Waals surface area contributed by atoms with Gasteiger partial charge in [0, 0.05) is 11.1 Å². The molecule has 1 aliphatic rings. The van der Waals surface area contributed by atoms with E-state index in [2.05, 4.69) is 20.6 Å². The Morgan fingerprint density at radius 3 is 1.78 bits per heavy atom. The first kappa shape index (κ1) is 34.2. The van der Waals surface area contributed by atoms with Gasteiger partial charge in [0.15, 0.2) is 11.6 Å². The third-order valence-corrected chi connectivity index (χ3v) is 10.2. The molecule has 1 heterocycles. The van der Waals surface area contributed by atoms with E-state index < -0.39 is 90.5 Å². The number of anilines is 3. The Bertz CT molecular complexity index is 2660. The molecule has 0 atom stereocenters. The van der Waals surface area contributed by atoms with Crippen LogP contribution >= 0.6 is 0 Å². The van der Waals surface area contributed by atoms with Crippen molar-refractivity contribution in [1.82, 2.24) is 9.78 Å². The number of rotatable bonds is 8. The van der Waals surface area contributed by atoms with Crippen LogP contribution in [0.4, 0.5) is 28.4 Å². The van der Waals surface area contributed by atoms with Crippen LogP contribution in [-0.2, 0) is 30.4 Å². The standard InChI is InChI=1S/C30H22N6O11S3/c1-15-22(14-36(35-15)16-7-3-2-4-8-16)34-33-20-12-23(48(39,40)41)19(11-24(20)49(42,43)44)32-21-13-25(50(45,46)47)28(31)27-26(21)29(37)17-9-5-6-10-18(17)30(27)38/h2-14,32H,31H2,1H3,(H,39,40,41)(H,42,43,44)(H,45,46,47). The van der Waals surface area contributed by atoms with Crippen molar-refractivity contribution < 1.29 is 48.5 Å². The van der Waals surface area contributed by atoms with Crippen LogP contribution in [0.25, 0.3) is 5.69 Å². The van der Waals surface area contributed by atoms with Crippen molar-refractivity contribution in [3.63, 3.8) is 0 Å². The van der Waals surface area contributed by atoms with Gasteiger partial charge in [0.05, 0.1) is 45.8 Å². The molecule has 0 aliphatic heterocycles. The molecule has 0 saturated heterocycles. The molecule has 50 heavy (non-hydrogen) atoms. The predicted molar refractivity (Wildman–Crippen MR) is 176 cm³/mol. The lowest BCUT2D eigenvalue weighted by Gasteiger charge is -2.24. The normalized spacial score (nSPS) is 13.4. The quantitative estimate of drug-likeness (QED) is 0.0820. The topological polar surface area (TPSA) is 278 Å². The van der Waals surface area contributed by atoms with E-state index >= 15 is 0 Å². The van der Waals surface area contributed by atoms with E-state index in [9.17, 15) is 48.5 Å². The van der Waals surface area contributed by atoms with Crippen molar-refractivity contribution in [1.29, 1.82) is 0 Å². The molecule has 0 radical (unpaired) electrons. The minimum absolute atomic E-state index is 0.112. The third-order valence-electron chi connectivity index (χ3n) is 7.52. The molecule has 0 bridgehead atoms. The van der Waals surface area contributed by atoms with Crippen molar-refractivity contribution in [2.24, 2.45) is 10.2 Å². The van der Waals surface area contributed by atoms with Crippen molar-refractivity contribution in [2.45, 2.75) is 21.6 Å². The highest BCUT2D eigenvalue weighted by atomic mass is 32.2. The lowest BCUT2D eigenvalue weighted by Crippen LogP contribution is -2.25. The first-order valence-electron chi connectivity index (χ1n) is 13.9. The summed E-state index contributed by atoms with van der Waals surface area (Å²) < 4.78 is 107. The monoisotopic (exact) mass is 738 g/mol. The number of carbonyl (C=O) groups is 2. The first-order chi connectivity index (χ1) is 23.4. The van der Waals surface area contributed by atoms with Crippen LogP contribution in [-0.4, -0.2) is 60.3 Å². The average Bonchev–Trinajstić information content (AvgIpc) is 3.42. The maximum absolute atomic E-state index is 13.7. The number of azo groups is 1. The molecule has 17 nitrogen and oxygen atoms in total. The number of benzene rings is 4. The maximum atomic E-state index is 13.7. The number of nitrogens with zero attached hydrogens (tertiary/aromatic N) is 4. The van der Waals surface area contributed by atoms with Crippen LogP contribution in [0.2, 0.25) is 0 Å². The van der Waals surface area contributed by atoms with Crippen LogP contribution in [0.3, 0.4) is 0 Å². The van der Waals surface area contributed by atoms with Crippen LogP contribution in [0, 0.1) is 6.92 Å². The van der Waals surface area contributed by atoms with E-state index in [0.717, 1.165) is 0 Å². The number of nitrogen functional groups attached to an aromatic ring is 1. The number of nitrogens with one attached hydrogen (secondary N) is 1. The molecule has 0 saturated carbocycles. The van der Waals surface area contributed by atoms with E-state index in [-0.39, 0.29) is 16.8 Å². The maximum Gasteiger partial charge on any atom is 0.296 e. The SMILES string of the molecule is Cc1nn(-c2ccccc2)cc1N=Nc1cc(S(=O)(=O)O)c(Nc2cc(S(=O)(=O)O)c(N)c3c2C(=O)c2ccccc2C3=O)cc1S(=O)(=O)O. The molecule has 4 aromatic carbocycles. The zero-order valence-corrected chi connectivity index (χ0v) is 27.7. The molecule has 20 heteroatoms. The van der Waals surface area contributed by atoms with Gasteiger partial charge in [-0.15, -0.1) is 10.2 Å². The van der Waals surface area contributed by atoms with E-state index in [1.165, 1.54) is 35.1 Å². The van der Waals surface area contributed by atoms with E-state index in [4.69, 9.17) is 5.73 Å². The summed E-state index contributed by atoms with van der Waals surface area (Å²) in [5, 5.41) is 14.4. The molecule has 6 rings (SSSR count). The lowest BCUT2D eigenvalue weighted by molar-refractivity contribution is 0.0980. The molecular formula is C30H22N6O11S3. The summed E-state index contributed by atoms with van der Waals surface area (Å²) in [6, 6.07) is 15.9. The second-order valence-electron chi connectivity index (χ2n) is 10.7. The van der Waals surface area contributed by atoms with E-state index in [1.54, 1.807) is 37.3 Å². The number of ketones is 2. The molecule has 0 unspecified atom stereocenters. The lowest BCUT2D eigenvalue weighted by atomic mass is 9.82. The summed E-state index contributed by atoms with van der Waals surface area (Å²) in [7, 11) is -15.7. The van der Waals surface area contributed by atoms with Crippen LogP contribution in [0.1, 0.15) is 37.5 Å². The van der Waals surface area contributed by atoms with Crippen molar-refractivity contribution >= 4 is 70.4 Å². The zero-order chi connectivity index (χ0) is 36.3. The second kappa shape index (κ2) is 12.0. The number of aromatic nitrogens is 2. The van der Waals surface area contributed by atoms with E-state index in [1.807, 2.05) is 0 Å². The van der Waals surface area contributed by atoms with Gasteiger partial charge in [-0.05, 0) is 37.3 Å². The summed E-state index contributed by atoms with van der Waals surface area (Å²) >= 11 is 0. The Morgan fingerprint density at radius 1 is 0.680 bits per heavy atom. The van der Waals surface area contributed by atoms with Gasteiger partial charge in [-0.2, -0.15) is 30.4 Å². The molecule has 1 aliphatic carbocycles. The molecular weight excluding hydrogens is 717 g/mol. The number of fused-ring (bicyclic) bond motifs is 2. The Balaban J connectivity index is 1.55. The minimum atomic E-state index is -5.30. The van der Waals surface area contributed by atoms with Crippen LogP contribution < -0.4 is 11.1 Å². The Morgan fingerprint density at radius 2 is 1.20 bits per heavy atom. The highest BCUT2D eigenvalue weighted by molar-refractivity contribution is 7.86. The fourth-order valence-electron chi connectivity index (χ4n) is 5.27. The largest absolute Gasteiger partial charge is 0.397 e. The predicted octanol–water partition coefficient (Wildman–Crippen LogP) is 4.44. The molecule has 256 valence electrons. The summed E-state index contributed by atoms with van der Waals surface area (Å²) in [5.41, 5.74) is 2.50. The second-order valence-corrected chi connectivity index (χ2v) is 14.9. The van der Waals surface area contributed by atoms with Crippen molar-refractivity contribution in [3.05, 3.63) is 107 Å².